The summed E-state index contributed by atoms with van der Waals surface area (Å²) < 4.78 is 11.0. The van der Waals surface area contributed by atoms with Crippen LogP contribution >= 0.6 is 0 Å². The molecular formula is C82H58B2N4. The summed E-state index contributed by atoms with van der Waals surface area (Å²) in [5.41, 5.74) is 43.8. The topological polar surface area (TPSA) is 19.7 Å². The summed E-state index contributed by atoms with van der Waals surface area (Å²) in [6.45, 7) is 17.6. The fraction of sp³-hybridized carbons (Fsp3) is 0.0976. The first kappa shape index (κ1) is 48.9. The second kappa shape index (κ2) is 16.8. The molecule has 0 amide bonds. The third kappa shape index (κ3) is 6.08. The molecule has 8 heterocycles. The van der Waals surface area contributed by atoms with Crippen molar-refractivity contribution in [3.05, 3.63) is 251 Å². The minimum absolute atomic E-state index is 0.113. The highest BCUT2D eigenvalue weighted by molar-refractivity contribution is 6.92. The summed E-state index contributed by atoms with van der Waals surface area (Å²) in [7, 11) is 0. The lowest BCUT2D eigenvalue weighted by atomic mass is 9.45. The summed E-state index contributed by atoms with van der Waals surface area (Å²) in [5.74, 6) is 0. The monoisotopic (exact) mass is 1120 g/mol. The van der Waals surface area contributed by atoms with Crippen LogP contribution in [0.1, 0.15) is 44.5 Å². The lowest BCUT2D eigenvalue weighted by molar-refractivity contribution is 1.17. The van der Waals surface area contributed by atoms with Crippen LogP contribution in [0.2, 0.25) is 0 Å². The number of nitrogens with zero attached hydrogens (tertiary/aromatic N) is 4. The van der Waals surface area contributed by atoms with Crippen molar-refractivity contribution in [3.8, 4) is 78.1 Å². The third-order valence-corrected chi connectivity index (χ3v) is 21.3. The molecule has 0 saturated heterocycles. The molecular weight excluding hydrogens is 1060 g/mol. The standard InChI is InChI=1S/C82H58B2N4/c1-43-15-23-55(47(5)35-43)51-19-27-59-65-31-29-61-63-11-9-13-67-77(63)87(83-69-33-21-53(57-25-17-45(3)37-49(57)7)41-73(69)85(71(59)39-51)79(65)75(61)83)81-68-14-10-12-64-62-30-32-66-60-28-20-52(56-24-16-44(2)36-48(56)6)40-72(60)86-74-42-54(58-26-18-46(4)38-50(58)8)22-34-70(74)84(76(62)80(66)86)88(78(64)68)82(67)81/h9-42H,1-8H3. The van der Waals surface area contributed by atoms with E-state index in [2.05, 4.69) is 280 Å². The SMILES string of the molecule is Cc1ccc(-c2ccc3c(c2)-n2c4cc(-c5ccc(C)cc5C)ccc4c4ccc5c(c42)B3n2c3c-5cccc3c3c2c2cccc4c2n3B2c3ccc(-c5ccc(C)cc5C)cc3-n3c5cc(-c6ccc(C)cc6C)ccc5c5ccc-4c2c53)c(C)c1. The molecule has 4 aliphatic rings. The Morgan fingerprint density at radius 1 is 0.250 bits per heavy atom. The Morgan fingerprint density at radius 3 is 0.966 bits per heavy atom. The Morgan fingerprint density at radius 2 is 0.591 bits per heavy atom. The van der Waals surface area contributed by atoms with Gasteiger partial charge in [0.2, 0.25) is 0 Å². The van der Waals surface area contributed by atoms with Crippen molar-refractivity contribution in [2.45, 2.75) is 55.4 Å². The van der Waals surface area contributed by atoms with Crippen LogP contribution in [0.3, 0.4) is 0 Å². The highest BCUT2D eigenvalue weighted by Crippen LogP contribution is 2.51. The zero-order chi connectivity index (χ0) is 58.6. The minimum atomic E-state index is -0.113. The number of rotatable bonds is 4. The summed E-state index contributed by atoms with van der Waals surface area (Å²) in [6.07, 6.45) is 0. The highest BCUT2D eigenvalue weighted by Gasteiger charge is 2.46. The Labute approximate surface area is 511 Å². The van der Waals surface area contributed by atoms with Crippen LogP contribution in [-0.2, 0) is 0 Å². The minimum Gasteiger partial charge on any atom is -0.374 e. The van der Waals surface area contributed by atoms with Crippen molar-refractivity contribution in [1.82, 2.24) is 18.1 Å². The van der Waals surface area contributed by atoms with Gasteiger partial charge in [-0.25, -0.2) is 0 Å². The van der Waals surface area contributed by atoms with Crippen molar-refractivity contribution in [1.29, 1.82) is 0 Å². The molecule has 0 unspecified atom stereocenters. The van der Waals surface area contributed by atoms with Crippen LogP contribution in [0, 0.1) is 55.4 Å². The number of benzene rings is 12. The fourth-order valence-electron chi connectivity index (χ4n) is 17.7. The van der Waals surface area contributed by atoms with Gasteiger partial charge in [-0.1, -0.05) is 204 Å². The van der Waals surface area contributed by atoms with E-state index in [0.29, 0.717) is 0 Å². The van der Waals surface area contributed by atoms with E-state index in [1.54, 1.807) is 0 Å². The number of para-hydroxylation sites is 2. The predicted molar refractivity (Wildman–Crippen MR) is 375 cm³/mol. The van der Waals surface area contributed by atoms with Crippen LogP contribution in [0.4, 0.5) is 0 Å². The Kier molecular flexibility index (Phi) is 9.34. The Hall–Kier alpha value is -10.3. The van der Waals surface area contributed by atoms with Gasteiger partial charge in [-0.15, -0.1) is 0 Å². The molecule has 6 heteroatoms. The maximum Gasteiger partial charge on any atom is 0.333 e. The van der Waals surface area contributed by atoms with Gasteiger partial charge in [0.15, 0.2) is 0 Å². The maximum atomic E-state index is 2.83. The van der Waals surface area contributed by atoms with Crippen LogP contribution < -0.4 is 21.9 Å². The second-order valence-corrected chi connectivity index (χ2v) is 26.4. The first-order valence-corrected chi connectivity index (χ1v) is 31.4. The lowest BCUT2D eigenvalue weighted by Gasteiger charge is -2.34. The van der Waals surface area contributed by atoms with Gasteiger partial charge in [-0.3, -0.25) is 0 Å². The average molecular weight is 1120 g/mol. The molecule has 0 radical (unpaired) electrons. The van der Waals surface area contributed by atoms with E-state index < -0.39 is 0 Å². The van der Waals surface area contributed by atoms with E-state index in [1.807, 2.05) is 0 Å². The zero-order valence-corrected chi connectivity index (χ0v) is 50.6. The van der Waals surface area contributed by atoms with Gasteiger partial charge in [0.1, 0.15) is 0 Å². The average Bonchev–Trinajstić information content (AvgIpc) is 1.47. The number of aryl methyl sites for hydroxylation is 8. The molecule has 0 bridgehead atoms. The Balaban J connectivity index is 0.902. The van der Waals surface area contributed by atoms with Crippen molar-refractivity contribution in [2.24, 2.45) is 0 Å². The van der Waals surface area contributed by atoms with Crippen molar-refractivity contribution in [3.63, 3.8) is 0 Å². The smallest absolute Gasteiger partial charge is 0.333 e. The van der Waals surface area contributed by atoms with E-state index in [0.717, 1.165) is 0 Å². The summed E-state index contributed by atoms with van der Waals surface area (Å²) >= 11 is 0. The molecule has 412 valence electrons. The number of hydrogen-bond donors (Lipinski definition) is 0. The van der Waals surface area contributed by atoms with E-state index in [9.17, 15) is 0 Å². The van der Waals surface area contributed by atoms with E-state index in [1.165, 1.54) is 221 Å². The molecule has 0 aliphatic carbocycles. The van der Waals surface area contributed by atoms with E-state index in [-0.39, 0.29) is 13.7 Å². The van der Waals surface area contributed by atoms with Gasteiger partial charge in [0.05, 0.1) is 33.1 Å². The van der Waals surface area contributed by atoms with Crippen molar-refractivity contribution >= 4 is 112 Å². The molecule has 0 N–H and O–H groups in total. The lowest BCUT2D eigenvalue weighted by Crippen LogP contribution is -2.55. The van der Waals surface area contributed by atoms with Gasteiger partial charge in [-0.05, 0) is 179 Å². The highest BCUT2D eigenvalue weighted by atomic mass is 15.1. The summed E-state index contributed by atoms with van der Waals surface area (Å²) in [5, 5.41) is 7.75. The van der Waals surface area contributed by atoms with Gasteiger partial charge >= 0.3 is 13.7 Å². The van der Waals surface area contributed by atoms with Gasteiger partial charge < -0.3 is 18.1 Å². The first-order chi connectivity index (χ1) is 42.9. The number of hydrogen-bond acceptors (Lipinski definition) is 0. The molecule has 16 aromatic rings. The van der Waals surface area contributed by atoms with Gasteiger partial charge in [0.25, 0.3) is 0 Å². The van der Waals surface area contributed by atoms with Crippen LogP contribution in [0.5, 0.6) is 0 Å². The van der Waals surface area contributed by atoms with Crippen molar-refractivity contribution in [2.75, 3.05) is 0 Å². The molecule has 12 aromatic carbocycles. The van der Waals surface area contributed by atoms with Crippen LogP contribution in [0.15, 0.2) is 206 Å². The molecule has 88 heavy (non-hydrogen) atoms. The summed E-state index contributed by atoms with van der Waals surface area (Å²) in [6, 6.07) is 81.2. The van der Waals surface area contributed by atoms with Crippen LogP contribution in [-0.4, -0.2) is 31.8 Å². The molecule has 4 aliphatic heterocycles. The molecule has 4 aromatic heterocycles. The Bertz CT molecular complexity index is 5630. The molecule has 0 saturated carbocycles. The third-order valence-electron chi connectivity index (χ3n) is 21.3. The molecule has 0 atom stereocenters. The maximum absolute atomic E-state index is 2.83. The summed E-state index contributed by atoms with van der Waals surface area (Å²) in [4.78, 5) is 0. The van der Waals surface area contributed by atoms with Crippen LogP contribution in [0.25, 0.3) is 155 Å². The van der Waals surface area contributed by atoms with E-state index in [4.69, 9.17) is 0 Å². The van der Waals surface area contributed by atoms with Gasteiger partial charge in [-0.2, -0.15) is 0 Å². The number of fused-ring (bicyclic) bond motifs is 21. The first-order valence-electron chi connectivity index (χ1n) is 31.4. The molecule has 0 spiro atoms. The number of aromatic nitrogens is 4. The molecule has 4 nitrogen and oxygen atoms in total. The van der Waals surface area contributed by atoms with Crippen molar-refractivity contribution < 1.29 is 0 Å². The second-order valence-electron chi connectivity index (χ2n) is 26.4. The largest absolute Gasteiger partial charge is 0.374 e. The molecule has 20 rings (SSSR count). The molecule has 0 fully saturated rings. The zero-order valence-electron chi connectivity index (χ0n) is 50.6. The fourth-order valence-corrected chi connectivity index (χ4v) is 17.7. The normalized spacial score (nSPS) is 13.2. The predicted octanol–water partition coefficient (Wildman–Crippen LogP) is 18.0. The van der Waals surface area contributed by atoms with Gasteiger partial charge in [0, 0.05) is 65.9 Å². The quantitative estimate of drug-likeness (QED) is 0.157. The van der Waals surface area contributed by atoms with E-state index >= 15 is 0 Å².